The van der Waals surface area contributed by atoms with Crippen molar-refractivity contribution in [3.8, 4) is 0 Å². The fourth-order valence-corrected chi connectivity index (χ4v) is 2.71. The molecule has 1 aromatic rings. The molecule has 0 spiro atoms. The minimum Gasteiger partial charge on any atom is -0.349 e. The van der Waals surface area contributed by atoms with Crippen LogP contribution in [0, 0.1) is 6.92 Å². The number of aryl methyl sites for hydroxylation is 1. The quantitative estimate of drug-likeness (QED) is 0.902. The van der Waals surface area contributed by atoms with Crippen molar-refractivity contribution in [2.24, 2.45) is 0 Å². The van der Waals surface area contributed by atoms with Crippen molar-refractivity contribution >= 4 is 5.91 Å². The highest BCUT2D eigenvalue weighted by molar-refractivity contribution is 5.95. The summed E-state index contributed by atoms with van der Waals surface area (Å²) >= 11 is 0. The van der Waals surface area contributed by atoms with E-state index >= 15 is 0 Å². The van der Waals surface area contributed by atoms with Crippen LogP contribution in [0.1, 0.15) is 42.1 Å². The Morgan fingerprint density at radius 1 is 1.32 bits per heavy atom. The van der Waals surface area contributed by atoms with Gasteiger partial charge < -0.3 is 10.2 Å². The van der Waals surface area contributed by atoms with Gasteiger partial charge in [-0.25, -0.2) is 0 Å². The number of rotatable bonds is 4. The minimum atomic E-state index is 0.0760. The number of amides is 1. The van der Waals surface area contributed by atoms with E-state index < -0.39 is 0 Å². The molecule has 0 saturated carbocycles. The average molecular weight is 260 g/mol. The molecule has 104 valence electrons. The van der Waals surface area contributed by atoms with E-state index in [0.29, 0.717) is 6.04 Å². The number of piperidine rings is 1. The van der Waals surface area contributed by atoms with Crippen molar-refractivity contribution in [2.45, 2.75) is 39.2 Å². The summed E-state index contributed by atoms with van der Waals surface area (Å²) in [6.07, 6.45) is 3.34. The van der Waals surface area contributed by atoms with Gasteiger partial charge in [0.05, 0.1) is 0 Å². The smallest absolute Gasteiger partial charge is 0.251 e. The maximum absolute atomic E-state index is 12.2. The number of carbonyl (C=O) groups excluding carboxylic acids is 1. The first kappa shape index (κ1) is 14.1. The van der Waals surface area contributed by atoms with Gasteiger partial charge in [0.15, 0.2) is 0 Å². The molecule has 1 saturated heterocycles. The summed E-state index contributed by atoms with van der Waals surface area (Å²) in [7, 11) is 0. The van der Waals surface area contributed by atoms with Crippen LogP contribution in [0.4, 0.5) is 0 Å². The van der Waals surface area contributed by atoms with Gasteiger partial charge in [0.1, 0.15) is 0 Å². The SMILES string of the molecule is CCCN1CCC(NC(=O)c2ccccc2C)CC1. The van der Waals surface area contributed by atoms with Crippen molar-refractivity contribution in [3.05, 3.63) is 35.4 Å². The Balaban J connectivity index is 1.86. The molecule has 19 heavy (non-hydrogen) atoms. The van der Waals surface area contributed by atoms with Gasteiger partial charge in [0.2, 0.25) is 0 Å². The molecule has 1 aliphatic rings. The van der Waals surface area contributed by atoms with E-state index in [0.717, 1.165) is 37.1 Å². The van der Waals surface area contributed by atoms with Crippen LogP contribution in [0.5, 0.6) is 0 Å². The Morgan fingerprint density at radius 3 is 2.63 bits per heavy atom. The second kappa shape index (κ2) is 6.71. The second-order valence-electron chi connectivity index (χ2n) is 5.40. The van der Waals surface area contributed by atoms with Crippen LogP contribution in [0.3, 0.4) is 0 Å². The zero-order valence-electron chi connectivity index (χ0n) is 12.0. The zero-order chi connectivity index (χ0) is 13.7. The summed E-state index contributed by atoms with van der Waals surface area (Å²) in [5, 5.41) is 3.17. The molecule has 0 atom stereocenters. The molecule has 1 heterocycles. The van der Waals surface area contributed by atoms with Gasteiger partial charge in [0, 0.05) is 24.7 Å². The highest BCUT2D eigenvalue weighted by atomic mass is 16.1. The lowest BCUT2D eigenvalue weighted by atomic mass is 10.0. The predicted molar refractivity (Wildman–Crippen MR) is 78.4 cm³/mol. The average Bonchev–Trinajstić information content (AvgIpc) is 2.42. The highest BCUT2D eigenvalue weighted by Crippen LogP contribution is 2.13. The molecule has 1 fully saturated rings. The number of hydrogen-bond acceptors (Lipinski definition) is 2. The summed E-state index contributed by atoms with van der Waals surface area (Å²) in [5.41, 5.74) is 1.85. The molecule has 0 unspecified atom stereocenters. The van der Waals surface area contributed by atoms with Crippen LogP contribution in [-0.2, 0) is 0 Å². The van der Waals surface area contributed by atoms with E-state index in [2.05, 4.69) is 17.1 Å². The molecule has 3 nitrogen and oxygen atoms in total. The molecule has 0 radical (unpaired) electrons. The van der Waals surface area contributed by atoms with Crippen LogP contribution in [0.2, 0.25) is 0 Å². The van der Waals surface area contributed by atoms with Crippen molar-refractivity contribution < 1.29 is 4.79 Å². The summed E-state index contributed by atoms with van der Waals surface area (Å²) in [6.45, 7) is 7.59. The molecule has 0 aliphatic carbocycles. The Labute approximate surface area is 116 Å². The Bertz CT molecular complexity index is 423. The maximum atomic E-state index is 12.2. The third-order valence-electron chi connectivity index (χ3n) is 3.85. The van der Waals surface area contributed by atoms with Crippen LogP contribution in [0.25, 0.3) is 0 Å². The largest absolute Gasteiger partial charge is 0.349 e. The van der Waals surface area contributed by atoms with Crippen LogP contribution in [0.15, 0.2) is 24.3 Å². The van der Waals surface area contributed by atoms with Crippen LogP contribution in [-0.4, -0.2) is 36.5 Å². The van der Waals surface area contributed by atoms with Crippen molar-refractivity contribution in [2.75, 3.05) is 19.6 Å². The number of benzene rings is 1. The van der Waals surface area contributed by atoms with Gasteiger partial charge in [-0.3, -0.25) is 4.79 Å². The molecular weight excluding hydrogens is 236 g/mol. The van der Waals surface area contributed by atoms with Crippen molar-refractivity contribution in [1.29, 1.82) is 0 Å². The van der Waals surface area contributed by atoms with Gasteiger partial charge in [-0.15, -0.1) is 0 Å². The van der Waals surface area contributed by atoms with Gasteiger partial charge in [0.25, 0.3) is 5.91 Å². The molecule has 1 amide bonds. The molecule has 1 N–H and O–H groups in total. The van der Waals surface area contributed by atoms with Gasteiger partial charge in [-0.05, 0) is 44.4 Å². The van der Waals surface area contributed by atoms with E-state index in [1.165, 1.54) is 13.0 Å². The first-order valence-electron chi connectivity index (χ1n) is 7.29. The lowest BCUT2D eigenvalue weighted by molar-refractivity contribution is 0.0910. The molecule has 1 aromatic carbocycles. The summed E-state index contributed by atoms with van der Waals surface area (Å²) in [4.78, 5) is 14.7. The molecule has 3 heteroatoms. The Morgan fingerprint density at radius 2 is 2.00 bits per heavy atom. The van der Waals surface area contributed by atoms with Crippen molar-refractivity contribution in [3.63, 3.8) is 0 Å². The summed E-state index contributed by atoms with van der Waals surface area (Å²) in [5.74, 6) is 0.0760. The number of nitrogens with one attached hydrogen (secondary N) is 1. The van der Waals surface area contributed by atoms with E-state index in [4.69, 9.17) is 0 Å². The standard InChI is InChI=1S/C16H24N2O/c1-3-10-18-11-8-14(9-12-18)17-16(19)15-7-5-4-6-13(15)2/h4-7,14H,3,8-12H2,1-2H3,(H,17,19). The number of likely N-dealkylation sites (tertiary alicyclic amines) is 1. The second-order valence-corrected chi connectivity index (χ2v) is 5.40. The normalized spacial score (nSPS) is 17.4. The fourth-order valence-electron chi connectivity index (χ4n) is 2.71. The fraction of sp³-hybridized carbons (Fsp3) is 0.562. The van der Waals surface area contributed by atoms with E-state index in [-0.39, 0.29) is 5.91 Å². The predicted octanol–water partition coefficient (Wildman–Crippen LogP) is 2.60. The number of nitrogens with zero attached hydrogens (tertiary/aromatic N) is 1. The van der Waals surface area contributed by atoms with Crippen LogP contribution >= 0.6 is 0 Å². The topological polar surface area (TPSA) is 32.3 Å². The van der Waals surface area contributed by atoms with E-state index in [1.54, 1.807) is 0 Å². The molecule has 1 aliphatic heterocycles. The van der Waals surface area contributed by atoms with Crippen molar-refractivity contribution in [1.82, 2.24) is 10.2 Å². The highest BCUT2D eigenvalue weighted by Gasteiger charge is 2.20. The molecule has 0 bridgehead atoms. The molecular formula is C16H24N2O. The number of hydrogen-bond donors (Lipinski definition) is 1. The van der Waals surface area contributed by atoms with Gasteiger partial charge in [-0.2, -0.15) is 0 Å². The maximum Gasteiger partial charge on any atom is 0.251 e. The lowest BCUT2D eigenvalue weighted by Gasteiger charge is -2.32. The molecule has 2 rings (SSSR count). The Hall–Kier alpha value is -1.35. The molecule has 0 aromatic heterocycles. The minimum absolute atomic E-state index is 0.0760. The summed E-state index contributed by atoms with van der Waals surface area (Å²) < 4.78 is 0. The zero-order valence-corrected chi connectivity index (χ0v) is 12.0. The monoisotopic (exact) mass is 260 g/mol. The third-order valence-corrected chi connectivity index (χ3v) is 3.85. The van der Waals surface area contributed by atoms with E-state index in [1.807, 2.05) is 31.2 Å². The lowest BCUT2D eigenvalue weighted by Crippen LogP contribution is -2.44. The summed E-state index contributed by atoms with van der Waals surface area (Å²) in [6, 6.07) is 8.11. The number of carbonyl (C=O) groups is 1. The van der Waals surface area contributed by atoms with Gasteiger partial charge >= 0.3 is 0 Å². The van der Waals surface area contributed by atoms with Crippen LogP contribution < -0.4 is 5.32 Å². The third kappa shape index (κ3) is 3.80. The first-order chi connectivity index (χ1) is 9.20. The first-order valence-corrected chi connectivity index (χ1v) is 7.29. The van der Waals surface area contributed by atoms with E-state index in [9.17, 15) is 4.79 Å². The Kier molecular flexibility index (Phi) is 4.97. The van der Waals surface area contributed by atoms with Gasteiger partial charge in [-0.1, -0.05) is 25.1 Å².